The predicted octanol–water partition coefficient (Wildman–Crippen LogP) is 4.05. The summed E-state index contributed by atoms with van der Waals surface area (Å²) in [5.74, 6) is 1.56. The van der Waals surface area contributed by atoms with Crippen LogP contribution in [-0.2, 0) is 19.4 Å². The Morgan fingerprint density at radius 3 is 2.92 bits per heavy atom. The third kappa shape index (κ3) is 4.14. The fourth-order valence-electron chi connectivity index (χ4n) is 3.02. The summed E-state index contributed by atoms with van der Waals surface area (Å²) < 4.78 is 5.39. The zero-order valence-corrected chi connectivity index (χ0v) is 15.4. The lowest BCUT2D eigenvalue weighted by molar-refractivity contribution is 0.518. The van der Waals surface area contributed by atoms with Crippen LogP contribution in [0.4, 0.5) is 5.82 Å². The first-order valence-electron chi connectivity index (χ1n) is 8.67. The second-order valence-corrected chi connectivity index (χ2v) is 6.70. The van der Waals surface area contributed by atoms with Crippen molar-refractivity contribution < 1.29 is 4.42 Å². The van der Waals surface area contributed by atoms with Crippen LogP contribution in [-0.4, -0.2) is 21.0 Å². The maximum Gasteiger partial charge on any atom is 0.226 e. The third-order valence-electron chi connectivity index (χ3n) is 4.13. The molecule has 7 heteroatoms. The van der Waals surface area contributed by atoms with E-state index >= 15 is 0 Å². The minimum absolute atomic E-state index is 0.0661. The van der Waals surface area contributed by atoms with Gasteiger partial charge < -0.3 is 20.5 Å². The first-order valence-corrected chi connectivity index (χ1v) is 9.05. The number of halogens is 1. The molecule has 3 aromatic rings. The van der Waals surface area contributed by atoms with Gasteiger partial charge in [0.15, 0.2) is 0 Å². The zero-order valence-electron chi connectivity index (χ0n) is 14.6. The second-order valence-electron chi connectivity index (χ2n) is 6.36. The molecule has 134 valence electrons. The Balaban J connectivity index is 2.02. The van der Waals surface area contributed by atoms with Gasteiger partial charge >= 0.3 is 0 Å². The molecule has 0 fully saturated rings. The van der Waals surface area contributed by atoms with Crippen molar-refractivity contribution in [3.8, 4) is 0 Å². The molecule has 1 unspecified atom stereocenters. The van der Waals surface area contributed by atoms with E-state index in [4.69, 9.17) is 21.8 Å². The van der Waals surface area contributed by atoms with E-state index in [0.29, 0.717) is 6.54 Å². The molecule has 1 atom stereocenters. The van der Waals surface area contributed by atoms with E-state index in [2.05, 4.69) is 27.2 Å². The summed E-state index contributed by atoms with van der Waals surface area (Å²) in [5, 5.41) is 4.55. The van der Waals surface area contributed by atoms with Crippen LogP contribution in [0.25, 0.3) is 11.0 Å². The average Bonchev–Trinajstić information content (AvgIpc) is 3.17. The molecule has 0 aliphatic heterocycles. The van der Waals surface area contributed by atoms with E-state index < -0.39 is 0 Å². The number of aromatic amines is 1. The van der Waals surface area contributed by atoms with Crippen molar-refractivity contribution in [2.75, 3.05) is 5.32 Å². The number of rotatable bonds is 8. The lowest BCUT2D eigenvalue weighted by Crippen LogP contribution is -2.18. The number of unbranched alkanes of at least 4 members (excludes halogenated alkanes) is 1. The zero-order chi connectivity index (χ0) is 17.8. The van der Waals surface area contributed by atoms with Crippen LogP contribution >= 0.6 is 11.6 Å². The molecule has 0 bridgehead atoms. The van der Waals surface area contributed by atoms with Crippen LogP contribution in [0.1, 0.15) is 43.7 Å². The molecule has 6 nitrogen and oxygen atoms in total. The van der Waals surface area contributed by atoms with Gasteiger partial charge in [-0.25, -0.2) is 4.98 Å². The van der Waals surface area contributed by atoms with Gasteiger partial charge in [-0.15, -0.1) is 0 Å². The smallest absolute Gasteiger partial charge is 0.226 e. The van der Waals surface area contributed by atoms with E-state index in [1.54, 1.807) is 6.26 Å². The van der Waals surface area contributed by atoms with Crippen molar-refractivity contribution in [3.05, 3.63) is 40.7 Å². The lowest BCUT2D eigenvalue weighted by Gasteiger charge is -2.09. The molecule has 0 spiro atoms. The van der Waals surface area contributed by atoms with Gasteiger partial charge in [-0.2, -0.15) is 4.98 Å². The number of aromatic nitrogens is 3. The molecule has 3 rings (SSSR count). The van der Waals surface area contributed by atoms with Crippen LogP contribution < -0.4 is 11.1 Å². The van der Waals surface area contributed by atoms with Gasteiger partial charge in [0.1, 0.15) is 17.2 Å². The molecular weight excluding hydrogens is 338 g/mol. The highest BCUT2D eigenvalue weighted by Crippen LogP contribution is 2.30. The Bertz CT molecular complexity index is 826. The second kappa shape index (κ2) is 7.89. The highest BCUT2D eigenvalue weighted by molar-refractivity contribution is 6.28. The summed E-state index contributed by atoms with van der Waals surface area (Å²) >= 11 is 6.13. The molecular formula is C18H24ClN5O. The van der Waals surface area contributed by atoms with Crippen molar-refractivity contribution in [1.29, 1.82) is 0 Å². The first kappa shape index (κ1) is 17.8. The standard InChI is InChI=1S/C18H24ClN5O/c1-3-4-7-13-14(9-11(2)20)22-17-15(13)16(23-18(19)24-17)21-10-12-6-5-8-25-12/h5-6,8,11H,3-4,7,9-10,20H2,1-2H3,(H2,21,22,23,24). The topological polar surface area (TPSA) is 92.8 Å². The number of aryl methyl sites for hydroxylation is 1. The Hall–Kier alpha value is -2.05. The number of hydrogen-bond acceptors (Lipinski definition) is 5. The molecule has 0 aliphatic rings. The number of nitrogens with zero attached hydrogens (tertiary/aromatic N) is 2. The Labute approximate surface area is 152 Å². The summed E-state index contributed by atoms with van der Waals surface area (Å²) in [6, 6.07) is 3.85. The minimum Gasteiger partial charge on any atom is -0.467 e. The van der Waals surface area contributed by atoms with Crippen LogP contribution in [0.15, 0.2) is 22.8 Å². The number of H-pyrrole nitrogens is 1. The molecule has 0 aliphatic carbocycles. The largest absolute Gasteiger partial charge is 0.467 e. The maximum absolute atomic E-state index is 6.13. The molecule has 0 aromatic carbocycles. The summed E-state index contributed by atoms with van der Waals surface area (Å²) in [4.78, 5) is 12.2. The molecule has 3 aromatic heterocycles. The quantitative estimate of drug-likeness (QED) is 0.526. The summed E-state index contributed by atoms with van der Waals surface area (Å²) in [5.41, 5.74) is 9.13. The fraction of sp³-hybridized carbons (Fsp3) is 0.444. The van der Waals surface area contributed by atoms with Crippen LogP contribution in [0, 0.1) is 0 Å². The van der Waals surface area contributed by atoms with Crippen molar-refractivity contribution >= 4 is 28.5 Å². The van der Waals surface area contributed by atoms with Gasteiger partial charge in [0.25, 0.3) is 0 Å². The Morgan fingerprint density at radius 2 is 2.24 bits per heavy atom. The molecule has 25 heavy (non-hydrogen) atoms. The van der Waals surface area contributed by atoms with Crippen molar-refractivity contribution in [2.45, 2.75) is 52.1 Å². The van der Waals surface area contributed by atoms with Crippen LogP contribution in [0.3, 0.4) is 0 Å². The summed E-state index contributed by atoms with van der Waals surface area (Å²) in [7, 11) is 0. The number of nitrogens with one attached hydrogen (secondary N) is 2. The van der Waals surface area contributed by atoms with Crippen molar-refractivity contribution in [1.82, 2.24) is 15.0 Å². The minimum atomic E-state index is 0.0661. The van der Waals surface area contributed by atoms with Gasteiger partial charge in [0.05, 0.1) is 18.2 Å². The number of nitrogens with two attached hydrogens (primary N) is 1. The van der Waals surface area contributed by atoms with Crippen molar-refractivity contribution in [2.24, 2.45) is 5.73 Å². The molecule has 0 radical (unpaired) electrons. The molecule has 3 heterocycles. The van der Waals surface area contributed by atoms with Gasteiger partial charge in [0, 0.05) is 18.2 Å². The summed E-state index contributed by atoms with van der Waals surface area (Å²) in [6.07, 6.45) is 5.60. The van der Waals surface area contributed by atoms with Gasteiger partial charge in [0.2, 0.25) is 5.28 Å². The monoisotopic (exact) mass is 361 g/mol. The van der Waals surface area contributed by atoms with E-state index in [1.165, 1.54) is 5.56 Å². The third-order valence-corrected chi connectivity index (χ3v) is 4.30. The highest BCUT2D eigenvalue weighted by Gasteiger charge is 2.18. The Kier molecular flexibility index (Phi) is 5.60. The van der Waals surface area contributed by atoms with Crippen molar-refractivity contribution in [3.63, 3.8) is 0 Å². The molecule has 0 saturated carbocycles. The van der Waals surface area contributed by atoms with E-state index in [9.17, 15) is 0 Å². The summed E-state index contributed by atoms with van der Waals surface area (Å²) in [6.45, 7) is 4.73. The lowest BCUT2D eigenvalue weighted by atomic mass is 10.0. The normalized spacial score (nSPS) is 12.6. The van der Waals surface area contributed by atoms with E-state index in [0.717, 1.165) is 54.0 Å². The SMILES string of the molecule is CCCCc1c(CC(C)N)[nH]c2nc(Cl)nc(NCc3ccco3)c12. The van der Waals surface area contributed by atoms with E-state index in [-0.39, 0.29) is 11.3 Å². The fourth-order valence-corrected chi connectivity index (χ4v) is 3.19. The molecule has 0 saturated heterocycles. The molecule has 4 N–H and O–H groups in total. The number of anilines is 1. The Morgan fingerprint density at radius 1 is 1.40 bits per heavy atom. The van der Waals surface area contributed by atoms with Gasteiger partial charge in [-0.05, 0) is 49.1 Å². The van der Waals surface area contributed by atoms with Gasteiger partial charge in [-0.3, -0.25) is 0 Å². The molecule has 0 amide bonds. The highest BCUT2D eigenvalue weighted by atomic mass is 35.5. The maximum atomic E-state index is 6.13. The first-order chi connectivity index (χ1) is 12.1. The van der Waals surface area contributed by atoms with Crippen LogP contribution in [0.2, 0.25) is 5.28 Å². The predicted molar refractivity (Wildman–Crippen MR) is 101 cm³/mol. The average molecular weight is 362 g/mol. The van der Waals surface area contributed by atoms with Gasteiger partial charge in [-0.1, -0.05) is 13.3 Å². The number of fused-ring (bicyclic) bond motifs is 1. The van der Waals surface area contributed by atoms with Crippen LogP contribution in [0.5, 0.6) is 0 Å². The number of furan rings is 1. The number of hydrogen-bond donors (Lipinski definition) is 3. The van der Waals surface area contributed by atoms with E-state index in [1.807, 2.05) is 19.1 Å².